The summed E-state index contributed by atoms with van der Waals surface area (Å²) < 4.78 is 51.1. The van der Waals surface area contributed by atoms with E-state index in [0.29, 0.717) is 24.8 Å². The van der Waals surface area contributed by atoms with E-state index in [9.17, 15) is 22.0 Å². The van der Waals surface area contributed by atoms with Gasteiger partial charge in [0.2, 0.25) is 15.9 Å². The highest BCUT2D eigenvalue weighted by molar-refractivity contribution is 9.10. The van der Waals surface area contributed by atoms with Gasteiger partial charge in [0.25, 0.3) is 6.43 Å². The van der Waals surface area contributed by atoms with Crippen LogP contribution in [0.1, 0.15) is 36.8 Å². The fourth-order valence-corrected chi connectivity index (χ4v) is 4.66. The van der Waals surface area contributed by atoms with Gasteiger partial charge in [-0.25, -0.2) is 21.9 Å². The molecule has 0 radical (unpaired) electrons. The fraction of sp³-hybridized carbons (Fsp3) is 0.533. The molecule has 1 fully saturated rings. The molecule has 1 aliphatic rings. The average molecular weight is 425 g/mol. The summed E-state index contributed by atoms with van der Waals surface area (Å²) in [4.78, 5) is 12.0. The summed E-state index contributed by atoms with van der Waals surface area (Å²) in [7, 11) is -3.37. The molecule has 134 valence electrons. The van der Waals surface area contributed by atoms with Crippen LogP contribution in [0.25, 0.3) is 0 Å². The van der Waals surface area contributed by atoms with Crippen LogP contribution in [-0.2, 0) is 21.2 Å². The van der Waals surface area contributed by atoms with Gasteiger partial charge in [0.1, 0.15) is 0 Å². The van der Waals surface area contributed by atoms with E-state index in [1.54, 1.807) is 12.1 Å². The summed E-state index contributed by atoms with van der Waals surface area (Å²) in [6.45, 7) is 0. The molecule has 2 rings (SSSR count). The van der Waals surface area contributed by atoms with Gasteiger partial charge in [-0.3, -0.25) is 4.79 Å². The number of halogens is 3. The second-order valence-corrected chi connectivity index (χ2v) is 8.94. The van der Waals surface area contributed by atoms with E-state index >= 15 is 0 Å². The van der Waals surface area contributed by atoms with Crippen LogP contribution in [0.5, 0.6) is 0 Å². The standard InChI is InChI=1S/C15H19BrF2N2O3S/c1-24(22,23)20-10-4-5-15(8-10,14(19)21)7-9-2-3-11(13(17)18)12(16)6-9/h2-3,6,10,13,20H,4-5,7-8H2,1H3,(H2,19,21)/t10-,15+/m0/s1. The molecule has 1 aromatic rings. The van der Waals surface area contributed by atoms with E-state index in [1.165, 1.54) is 6.07 Å². The Labute approximate surface area is 148 Å². The van der Waals surface area contributed by atoms with Crippen molar-refractivity contribution in [2.45, 2.75) is 38.2 Å². The van der Waals surface area contributed by atoms with Crippen molar-refractivity contribution in [2.75, 3.05) is 6.26 Å². The lowest BCUT2D eigenvalue weighted by atomic mass is 9.79. The number of primary amides is 1. The lowest BCUT2D eigenvalue weighted by Crippen LogP contribution is -2.40. The largest absolute Gasteiger partial charge is 0.369 e. The zero-order valence-corrected chi connectivity index (χ0v) is 15.5. The number of amides is 1. The average Bonchev–Trinajstić information content (AvgIpc) is 2.80. The van der Waals surface area contributed by atoms with E-state index in [4.69, 9.17) is 5.73 Å². The number of hydrogen-bond donors (Lipinski definition) is 2. The van der Waals surface area contributed by atoms with Gasteiger partial charge < -0.3 is 5.73 Å². The van der Waals surface area contributed by atoms with Gasteiger partial charge in [-0.2, -0.15) is 0 Å². The number of carbonyl (C=O) groups is 1. The van der Waals surface area contributed by atoms with Crippen molar-refractivity contribution in [3.63, 3.8) is 0 Å². The van der Waals surface area contributed by atoms with Crippen molar-refractivity contribution in [1.29, 1.82) is 0 Å². The maximum atomic E-state index is 12.8. The van der Waals surface area contributed by atoms with Crippen LogP contribution in [0.4, 0.5) is 8.78 Å². The predicted molar refractivity (Wildman–Crippen MR) is 90.0 cm³/mol. The summed E-state index contributed by atoms with van der Waals surface area (Å²) >= 11 is 3.12. The maximum absolute atomic E-state index is 12.8. The Kier molecular flexibility index (Phi) is 5.66. The third-order valence-electron chi connectivity index (χ3n) is 4.35. The highest BCUT2D eigenvalue weighted by Gasteiger charge is 2.44. The molecule has 0 heterocycles. The monoisotopic (exact) mass is 424 g/mol. The number of nitrogens with one attached hydrogen (secondary N) is 1. The summed E-state index contributed by atoms with van der Waals surface area (Å²) in [6, 6.07) is 4.08. The summed E-state index contributed by atoms with van der Waals surface area (Å²) in [5.74, 6) is -0.505. The Morgan fingerprint density at radius 1 is 1.50 bits per heavy atom. The molecule has 3 N–H and O–H groups in total. The Morgan fingerprint density at radius 2 is 2.17 bits per heavy atom. The van der Waals surface area contributed by atoms with Gasteiger partial charge in [0, 0.05) is 16.1 Å². The minimum absolute atomic E-state index is 0.116. The molecule has 24 heavy (non-hydrogen) atoms. The summed E-state index contributed by atoms with van der Waals surface area (Å²) in [5.41, 5.74) is 5.28. The molecule has 9 heteroatoms. The predicted octanol–water partition coefficient (Wildman–Crippen LogP) is 2.50. The zero-order valence-electron chi connectivity index (χ0n) is 13.1. The van der Waals surface area contributed by atoms with Crippen molar-refractivity contribution in [3.8, 4) is 0 Å². The minimum Gasteiger partial charge on any atom is -0.369 e. The van der Waals surface area contributed by atoms with Crippen LogP contribution < -0.4 is 10.5 Å². The Bertz CT molecular complexity index is 742. The number of nitrogens with two attached hydrogens (primary N) is 1. The van der Waals surface area contributed by atoms with Crippen molar-refractivity contribution < 1.29 is 22.0 Å². The topological polar surface area (TPSA) is 89.3 Å². The first-order valence-electron chi connectivity index (χ1n) is 7.36. The van der Waals surface area contributed by atoms with E-state index in [2.05, 4.69) is 20.7 Å². The molecule has 0 saturated heterocycles. The minimum atomic E-state index is -3.37. The third kappa shape index (κ3) is 4.52. The SMILES string of the molecule is CS(=O)(=O)N[C@H]1CC[C@](Cc2ccc(C(F)F)c(Br)c2)(C(N)=O)C1. The van der Waals surface area contributed by atoms with Gasteiger partial charge in [-0.05, 0) is 37.3 Å². The molecule has 0 unspecified atom stereocenters. The van der Waals surface area contributed by atoms with Crippen LogP contribution in [0, 0.1) is 5.41 Å². The molecule has 2 atom stereocenters. The van der Waals surface area contributed by atoms with Crippen LogP contribution >= 0.6 is 15.9 Å². The number of rotatable bonds is 6. The fourth-order valence-electron chi connectivity index (χ4n) is 3.25. The number of alkyl halides is 2. The quantitative estimate of drug-likeness (QED) is 0.734. The third-order valence-corrected chi connectivity index (χ3v) is 5.80. The van der Waals surface area contributed by atoms with Gasteiger partial charge in [0.05, 0.1) is 11.7 Å². The van der Waals surface area contributed by atoms with Gasteiger partial charge in [-0.1, -0.05) is 28.1 Å². The Morgan fingerprint density at radius 3 is 2.67 bits per heavy atom. The van der Waals surface area contributed by atoms with E-state index in [0.717, 1.165) is 6.26 Å². The molecule has 0 spiro atoms. The smallest absolute Gasteiger partial charge is 0.264 e. The van der Waals surface area contributed by atoms with Crippen LogP contribution in [-0.4, -0.2) is 26.6 Å². The van der Waals surface area contributed by atoms with Crippen molar-refractivity contribution >= 4 is 31.9 Å². The van der Waals surface area contributed by atoms with Crippen LogP contribution in [0.15, 0.2) is 22.7 Å². The molecular weight excluding hydrogens is 406 g/mol. The molecule has 0 bridgehead atoms. The van der Waals surface area contributed by atoms with Gasteiger partial charge >= 0.3 is 0 Å². The molecule has 1 amide bonds. The normalized spacial score (nSPS) is 24.5. The molecule has 1 aliphatic carbocycles. The highest BCUT2D eigenvalue weighted by atomic mass is 79.9. The second kappa shape index (κ2) is 7.05. The molecule has 1 aromatic carbocycles. The van der Waals surface area contributed by atoms with E-state index < -0.39 is 27.8 Å². The van der Waals surface area contributed by atoms with E-state index in [-0.39, 0.29) is 22.5 Å². The van der Waals surface area contributed by atoms with Gasteiger partial charge in [0.15, 0.2) is 0 Å². The Balaban J connectivity index is 2.21. The summed E-state index contributed by atoms with van der Waals surface area (Å²) in [5, 5.41) is 0. The first-order valence-corrected chi connectivity index (χ1v) is 10.0. The van der Waals surface area contributed by atoms with E-state index in [1.807, 2.05) is 0 Å². The number of sulfonamides is 1. The second-order valence-electron chi connectivity index (χ2n) is 6.31. The van der Waals surface area contributed by atoms with Crippen LogP contribution in [0.3, 0.4) is 0 Å². The first-order chi connectivity index (χ1) is 11.0. The lowest BCUT2D eigenvalue weighted by molar-refractivity contribution is -0.127. The molecule has 0 aromatic heterocycles. The van der Waals surface area contributed by atoms with Crippen molar-refractivity contribution in [2.24, 2.45) is 11.1 Å². The first kappa shape index (κ1) is 19.3. The molecule has 1 saturated carbocycles. The van der Waals surface area contributed by atoms with Crippen molar-refractivity contribution in [1.82, 2.24) is 4.72 Å². The van der Waals surface area contributed by atoms with Crippen molar-refractivity contribution in [3.05, 3.63) is 33.8 Å². The van der Waals surface area contributed by atoms with Crippen LogP contribution in [0.2, 0.25) is 0 Å². The number of benzene rings is 1. The molecular formula is C15H19BrF2N2O3S. The lowest BCUT2D eigenvalue weighted by Gasteiger charge is -2.26. The highest BCUT2D eigenvalue weighted by Crippen LogP contribution is 2.42. The van der Waals surface area contributed by atoms with Gasteiger partial charge in [-0.15, -0.1) is 0 Å². The maximum Gasteiger partial charge on any atom is 0.264 e. The number of hydrogen-bond acceptors (Lipinski definition) is 3. The molecule has 5 nitrogen and oxygen atoms in total. The number of carbonyl (C=O) groups excluding carboxylic acids is 1. The Hall–Kier alpha value is -1.06. The summed E-state index contributed by atoms with van der Waals surface area (Å²) in [6.07, 6.45) is 0.0112. The zero-order chi connectivity index (χ0) is 18.1. The molecule has 0 aliphatic heterocycles.